The molecule has 78 valence electrons. The molecule has 0 heterocycles. The lowest BCUT2D eigenvalue weighted by molar-refractivity contribution is 0.630. The van der Waals surface area contributed by atoms with Gasteiger partial charge in [-0.3, -0.25) is 0 Å². The second-order valence-corrected chi connectivity index (χ2v) is 3.88. The number of fused-ring (bicyclic) bond motifs is 3. The Morgan fingerprint density at radius 2 is 1.56 bits per heavy atom. The number of benzene rings is 3. The molecule has 0 aliphatic rings. The first kappa shape index (κ1) is 9.16. The topological polar surface area (TPSA) is 26.0 Å². The second-order valence-electron chi connectivity index (χ2n) is 3.88. The number of hydrogen-bond donors (Lipinski definition) is 1. The van der Waals surface area contributed by atoms with Gasteiger partial charge in [0.05, 0.1) is 0 Å². The number of nitrogens with two attached hydrogens (primary N) is 1. The van der Waals surface area contributed by atoms with E-state index in [1.165, 1.54) is 12.1 Å². The molecule has 16 heavy (non-hydrogen) atoms. The normalized spacial score (nSPS) is 11.1. The standard InChI is InChI=1S/C14H10FN/c15-10-5-6-11-9(7-10)8-14(16)13-4-2-1-3-12(11)13/h1-8H,16H2. The highest BCUT2D eigenvalue weighted by Gasteiger charge is 2.04. The van der Waals surface area contributed by atoms with Gasteiger partial charge in [0.2, 0.25) is 0 Å². The van der Waals surface area contributed by atoms with E-state index in [4.69, 9.17) is 5.73 Å². The maximum absolute atomic E-state index is 13.1. The molecule has 0 atom stereocenters. The van der Waals surface area contributed by atoms with Crippen LogP contribution in [0.1, 0.15) is 0 Å². The Kier molecular flexibility index (Phi) is 1.83. The molecule has 0 aliphatic carbocycles. The maximum Gasteiger partial charge on any atom is 0.123 e. The Labute approximate surface area is 92.3 Å². The fourth-order valence-corrected chi connectivity index (χ4v) is 2.11. The summed E-state index contributed by atoms with van der Waals surface area (Å²) in [6, 6.07) is 14.5. The molecule has 0 aliphatic heterocycles. The molecule has 2 N–H and O–H groups in total. The number of anilines is 1. The van der Waals surface area contributed by atoms with Crippen LogP contribution < -0.4 is 5.73 Å². The Balaban J connectivity index is 2.59. The highest BCUT2D eigenvalue weighted by molar-refractivity contribution is 6.12. The lowest BCUT2D eigenvalue weighted by Gasteiger charge is -2.06. The van der Waals surface area contributed by atoms with E-state index in [-0.39, 0.29) is 5.82 Å². The summed E-state index contributed by atoms with van der Waals surface area (Å²) < 4.78 is 13.1. The van der Waals surface area contributed by atoms with Crippen LogP contribution in [-0.4, -0.2) is 0 Å². The first-order chi connectivity index (χ1) is 7.75. The summed E-state index contributed by atoms with van der Waals surface area (Å²) in [6.07, 6.45) is 0. The van der Waals surface area contributed by atoms with Gasteiger partial charge in [-0.25, -0.2) is 4.39 Å². The third-order valence-electron chi connectivity index (χ3n) is 2.85. The second kappa shape index (κ2) is 3.20. The molecule has 2 heteroatoms. The fraction of sp³-hybridized carbons (Fsp3) is 0. The molecule has 3 rings (SSSR count). The van der Waals surface area contributed by atoms with Gasteiger partial charge in [-0.15, -0.1) is 0 Å². The molecule has 1 nitrogen and oxygen atoms in total. The minimum atomic E-state index is -0.234. The third-order valence-corrected chi connectivity index (χ3v) is 2.85. The highest BCUT2D eigenvalue weighted by Crippen LogP contribution is 2.30. The largest absolute Gasteiger partial charge is 0.398 e. The first-order valence-electron chi connectivity index (χ1n) is 5.12. The molecule has 0 saturated heterocycles. The van der Waals surface area contributed by atoms with Crippen molar-refractivity contribution in [1.82, 2.24) is 0 Å². The van der Waals surface area contributed by atoms with E-state index in [1.54, 1.807) is 6.07 Å². The molecule has 0 aromatic heterocycles. The average molecular weight is 211 g/mol. The summed E-state index contributed by atoms with van der Waals surface area (Å²) in [6.45, 7) is 0. The molecule has 0 spiro atoms. The smallest absolute Gasteiger partial charge is 0.123 e. The van der Waals surface area contributed by atoms with E-state index in [2.05, 4.69) is 0 Å². The molecule has 0 fully saturated rings. The van der Waals surface area contributed by atoms with Gasteiger partial charge in [-0.05, 0) is 34.4 Å². The first-order valence-corrected chi connectivity index (χ1v) is 5.12. The predicted octanol–water partition coefficient (Wildman–Crippen LogP) is 3.71. The van der Waals surface area contributed by atoms with Gasteiger partial charge < -0.3 is 5.73 Å². The fourth-order valence-electron chi connectivity index (χ4n) is 2.11. The monoisotopic (exact) mass is 211 g/mol. The van der Waals surface area contributed by atoms with Crippen molar-refractivity contribution >= 4 is 27.2 Å². The zero-order valence-corrected chi connectivity index (χ0v) is 8.57. The van der Waals surface area contributed by atoms with E-state index in [1.807, 2.05) is 30.3 Å². The van der Waals surface area contributed by atoms with Crippen molar-refractivity contribution < 1.29 is 4.39 Å². The van der Waals surface area contributed by atoms with Crippen LogP contribution in [0.4, 0.5) is 10.1 Å². The summed E-state index contributed by atoms with van der Waals surface area (Å²) >= 11 is 0. The van der Waals surface area contributed by atoms with E-state index < -0.39 is 0 Å². The molecular formula is C14H10FN. The molecule has 3 aromatic carbocycles. The lowest BCUT2D eigenvalue weighted by Crippen LogP contribution is -1.88. The average Bonchev–Trinajstić information content (AvgIpc) is 2.29. The van der Waals surface area contributed by atoms with Gasteiger partial charge >= 0.3 is 0 Å². The minimum absolute atomic E-state index is 0.234. The molecule has 0 amide bonds. The third kappa shape index (κ3) is 1.23. The van der Waals surface area contributed by atoms with Crippen LogP contribution >= 0.6 is 0 Å². The van der Waals surface area contributed by atoms with Crippen LogP contribution in [0, 0.1) is 5.82 Å². The minimum Gasteiger partial charge on any atom is -0.398 e. The van der Waals surface area contributed by atoms with E-state index in [0.717, 1.165) is 21.5 Å². The Morgan fingerprint density at radius 1 is 0.812 bits per heavy atom. The van der Waals surface area contributed by atoms with Crippen LogP contribution in [0.3, 0.4) is 0 Å². The maximum atomic E-state index is 13.1. The van der Waals surface area contributed by atoms with Crippen molar-refractivity contribution in [3.8, 4) is 0 Å². The van der Waals surface area contributed by atoms with Gasteiger partial charge in [-0.2, -0.15) is 0 Å². The van der Waals surface area contributed by atoms with Crippen LogP contribution in [0.5, 0.6) is 0 Å². The number of hydrogen-bond acceptors (Lipinski definition) is 1. The molecule has 0 bridgehead atoms. The molecule has 3 aromatic rings. The SMILES string of the molecule is Nc1cc2cc(F)ccc2c2ccccc12. The lowest BCUT2D eigenvalue weighted by atomic mass is 10.0. The molecule has 0 saturated carbocycles. The van der Waals surface area contributed by atoms with Crippen molar-refractivity contribution in [2.75, 3.05) is 5.73 Å². The Hall–Kier alpha value is -2.09. The van der Waals surface area contributed by atoms with Crippen LogP contribution in [0.25, 0.3) is 21.5 Å². The summed E-state index contributed by atoms with van der Waals surface area (Å²) in [4.78, 5) is 0. The van der Waals surface area contributed by atoms with Gasteiger partial charge in [0.25, 0.3) is 0 Å². The van der Waals surface area contributed by atoms with E-state index >= 15 is 0 Å². The van der Waals surface area contributed by atoms with Crippen molar-refractivity contribution in [2.24, 2.45) is 0 Å². The van der Waals surface area contributed by atoms with Gasteiger partial charge in [-0.1, -0.05) is 30.3 Å². The summed E-state index contributed by atoms with van der Waals surface area (Å²) in [7, 11) is 0. The predicted molar refractivity (Wildman–Crippen MR) is 65.8 cm³/mol. The van der Waals surface area contributed by atoms with Crippen LogP contribution in [0.2, 0.25) is 0 Å². The molecular weight excluding hydrogens is 201 g/mol. The summed E-state index contributed by atoms with van der Waals surface area (Å²) in [5.74, 6) is -0.234. The number of nitrogen functional groups attached to an aromatic ring is 1. The van der Waals surface area contributed by atoms with Crippen molar-refractivity contribution in [3.63, 3.8) is 0 Å². The van der Waals surface area contributed by atoms with E-state index in [9.17, 15) is 4.39 Å². The van der Waals surface area contributed by atoms with Gasteiger partial charge in [0.15, 0.2) is 0 Å². The quantitative estimate of drug-likeness (QED) is 0.445. The van der Waals surface area contributed by atoms with Crippen molar-refractivity contribution in [3.05, 3.63) is 54.3 Å². The van der Waals surface area contributed by atoms with Crippen LogP contribution in [0.15, 0.2) is 48.5 Å². The summed E-state index contributed by atoms with van der Waals surface area (Å²) in [5, 5.41) is 3.96. The van der Waals surface area contributed by atoms with Crippen LogP contribution in [-0.2, 0) is 0 Å². The number of halogens is 1. The van der Waals surface area contributed by atoms with E-state index in [0.29, 0.717) is 5.69 Å². The van der Waals surface area contributed by atoms with Gasteiger partial charge in [0.1, 0.15) is 5.82 Å². The summed E-state index contributed by atoms with van der Waals surface area (Å²) in [5.41, 5.74) is 6.64. The Morgan fingerprint density at radius 3 is 2.38 bits per heavy atom. The molecule has 0 radical (unpaired) electrons. The zero-order valence-electron chi connectivity index (χ0n) is 8.57. The van der Waals surface area contributed by atoms with Crippen molar-refractivity contribution in [2.45, 2.75) is 0 Å². The zero-order chi connectivity index (χ0) is 11.1. The Bertz CT molecular complexity index is 689. The molecule has 0 unspecified atom stereocenters. The highest BCUT2D eigenvalue weighted by atomic mass is 19.1. The van der Waals surface area contributed by atoms with Crippen molar-refractivity contribution in [1.29, 1.82) is 0 Å². The number of rotatable bonds is 0. The van der Waals surface area contributed by atoms with Gasteiger partial charge in [0, 0.05) is 11.1 Å².